The van der Waals surface area contributed by atoms with Crippen LogP contribution in [0.4, 0.5) is 0 Å². The Morgan fingerprint density at radius 3 is 2.48 bits per heavy atom. The molecule has 5 heteroatoms. The summed E-state index contributed by atoms with van der Waals surface area (Å²) in [5.41, 5.74) is 2.48. The van der Waals surface area contributed by atoms with E-state index < -0.39 is 0 Å². The number of aromatic nitrogens is 1. The fraction of sp³-hybridized carbons (Fsp3) is 0.625. The van der Waals surface area contributed by atoms with Gasteiger partial charge in [0.15, 0.2) is 0 Å². The van der Waals surface area contributed by atoms with E-state index in [9.17, 15) is 9.59 Å². The van der Waals surface area contributed by atoms with Gasteiger partial charge in [-0.05, 0) is 33.3 Å². The highest BCUT2D eigenvalue weighted by Crippen LogP contribution is 2.20. The molecule has 1 aliphatic rings. The molecule has 5 nitrogen and oxygen atoms in total. The molecule has 2 N–H and O–H groups in total. The standard InChI is InChI=1S/C16H24N2O3/c1-5-21-16(20)13-10(2)14(17-11(13)3)15(19)12(4)18-8-6-7-9-18/h12,17H,5-9H2,1-4H3/p+1/t12-/m0/s1. The van der Waals surface area contributed by atoms with Crippen LogP contribution < -0.4 is 4.90 Å². The van der Waals surface area contributed by atoms with Crippen molar-refractivity contribution in [3.05, 3.63) is 22.5 Å². The van der Waals surface area contributed by atoms with Gasteiger partial charge in [-0.25, -0.2) is 4.79 Å². The molecule has 0 aliphatic carbocycles. The first-order valence-electron chi connectivity index (χ1n) is 7.72. The third-order valence-electron chi connectivity index (χ3n) is 4.41. The molecule has 0 radical (unpaired) electrons. The monoisotopic (exact) mass is 293 g/mol. The number of likely N-dealkylation sites (tertiary alicyclic amines) is 1. The number of nitrogens with one attached hydrogen (secondary N) is 2. The lowest BCUT2D eigenvalue weighted by molar-refractivity contribution is -0.901. The van der Waals surface area contributed by atoms with Crippen molar-refractivity contribution in [1.29, 1.82) is 0 Å². The molecule has 1 aromatic heterocycles. The second kappa shape index (κ2) is 6.43. The number of aryl methyl sites for hydroxylation is 1. The van der Waals surface area contributed by atoms with Gasteiger partial charge in [0.2, 0.25) is 5.78 Å². The normalized spacial score (nSPS) is 17.0. The maximum Gasteiger partial charge on any atom is 0.340 e. The Labute approximate surface area is 125 Å². The molecule has 1 fully saturated rings. The zero-order valence-corrected chi connectivity index (χ0v) is 13.3. The maximum absolute atomic E-state index is 12.7. The first kappa shape index (κ1) is 15.8. The number of quaternary nitrogens is 1. The number of rotatable bonds is 5. The van der Waals surface area contributed by atoms with Gasteiger partial charge in [0.1, 0.15) is 6.04 Å². The van der Waals surface area contributed by atoms with Crippen molar-refractivity contribution < 1.29 is 19.2 Å². The first-order valence-corrected chi connectivity index (χ1v) is 7.72. The van der Waals surface area contributed by atoms with E-state index in [4.69, 9.17) is 4.74 Å². The van der Waals surface area contributed by atoms with Gasteiger partial charge < -0.3 is 14.6 Å². The molecule has 1 saturated heterocycles. The Kier molecular flexibility index (Phi) is 4.83. The summed E-state index contributed by atoms with van der Waals surface area (Å²) in [5.74, 6) is -0.271. The topological polar surface area (TPSA) is 63.6 Å². The average Bonchev–Trinajstić information content (AvgIpc) is 3.06. The number of aromatic amines is 1. The largest absolute Gasteiger partial charge is 0.462 e. The maximum atomic E-state index is 12.7. The number of hydrogen-bond donors (Lipinski definition) is 2. The zero-order valence-electron chi connectivity index (χ0n) is 13.3. The van der Waals surface area contributed by atoms with E-state index >= 15 is 0 Å². The molecule has 0 unspecified atom stereocenters. The fourth-order valence-electron chi connectivity index (χ4n) is 3.17. The Morgan fingerprint density at radius 2 is 1.90 bits per heavy atom. The number of carbonyl (C=O) groups excluding carboxylic acids is 2. The van der Waals surface area contributed by atoms with E-state index in [-0.39, 0.29) is 17.8 Å². The molecule has 0 aromatic carbocycles. The number of ketones is 1. The highest BCUT2D eigenvalue weighted by Gasteiger charge is 2.32. The fourth-order valence-corrected chi connectivity index (χ4v) is 3.17. The molecule has 116 valence electrons. The lowest BCUT2D eigenvalue weighted by atomic mass is 10.0. The minimum absolute atomic E-state index is 0.0701. The Hall–Kier alpha value is -1.62. The van der Waals surface area contributed by atoms with Gasteiger partial charge in [-0.3, -0.25) is 4.79 Å². The van der Waals surface area contributed by atoms with Crippen LogP contribution in [-0.2, 0) is 4.74 Å². The number of Topliss-reactive ketones (excluding diaryl/α,β-unsaturated/α-hetero) is 1. The SMILES string of the molecule is CCOC(=O)c1c(C)[nH]c(C(=O)[C@H](C)[NH+]2CCCC2)c1C. The Morgan fingerprint density at radius 1 is 1.29 bits per heavy atom. The third kappa shape index (κ3) is 3.02. The second-order valence-corrected chi connectivity index (χ2v) is 5.80. The Bertz CT molecular complexity index is 542. The van der Waals surface area contributed by atoms with Gasteiger partial charge in [-0.1, -0.05) is 0 Å². The summed E-state index contributed by atoms with van der Waals surface area (Å²) in [6.07, 6.45) is 2.37. The van der Waals surface area contributed by atoms with Crippen molar-refractivity contribution in [2.24, 2.45) is 0 Å². The summed E-state index contributed by atoms with van der Waals surface area (Å²) in [5, 5.41) is 0. The number of H-pyrrole nitrogens is 1. The molecule has 2 rings (SSSR count). The van der Waals surface area contributed by atoms with E-state index in [0.717, 1.165) is 13.1 Å². The number of carbonyl (C=O) groups is 2. The van der Waals surface area contributed by atoms with Crippen LogP contribution in [0.5, 0.6) is 0 Å². The van der Waals surface area contributed by atoms with Crippen LogP contribution in [0.25, 0.3) is 0 Å². The molecule has 21 heavy (non-hydrogen) atoms. The van der Waals surface area contributed by atoms with Crippen LogP contribution >= 0.6 is 0 Å². The molecule has 0 spiro atoms. The summed E-state index contributed by atoms with van der Waals surface area (Å²) < 4.78 is 5.07. The summed E-state index contributed by atoms with van der Waals surface area (Å²) in [7, 11) is 0. The van der Waals surface area contributed by atoms with Crippen LogP contribution in [0.2, 0.25) is 0 Å². The first-order chi connectivity index (χ1) is 9.97. The lowest BCUT2D eigenvalue weighted by Gasteiger charge is -2.19. The molecule has 0 bridgehead atoms. The molecular formula is C16H25N2O3+. The predicted molar refractivity (Wildman–Crippen MR) is 79.9 cm³/mol. The van der Waals surface area contributed by atoms with Gasteiger partial charge in [-0.15, -0.1) is 0 Å². The van der Waals surface area contributed by atoms with Crippen molar-refractivity contribution in [2.75, 3.05) is 19.7 Å². The van der Waals surface area contributed by atoms with Crippen LogP contribution in [-0.4, -0.2) is 42.5 Å². The highest BCUT2D eigenvalue weighted by atomic mass is 16.5. The molecular weight excluding hydrogens is 268 g/mol. The number of hydrogen-bond acceptors (Lipinski definition) is 3. The smallest absolute Gasteiger partial charge is 0.340 e. The molecule has 1 aliphatic heterocycles. The Balaban J connectivity index is 2.25. The summed E-state index contributed by atoms with van der Waals surface area (Å²) in [4.78, 5) is 29.1. The molecule has 1 atom stereocenters. The summed E-state index contributed by atoms with van der Waals surface area (Å²) >= 11 is 0. The van der Waals surface area contributed by atoms with Gasteiger partial charge in [0.25, 0.3) is 0 Å². The van der Waals surface area contributed by atoms with Gasteiger partial charge in [0, 0.05) is 18.5 Å². The third-order valence-corrected chi connectivity index (χ3v) is 4.41. The van der Waals surface area contributed by atoms with Crippen LogP contribution in [0.3, 0.4) is 0 Å². The summed E-state index contributed by atoms with van der Waals surface area (Å²) in [6, 6.07) is -0.0701. The second-order valence-electron chi connectivity index (χ2n) is 5.80. The van der Waals surface area contributed by atoms with Crippen molar-refractivity contribution in [2.45, 2.75) is 46.6 Å². The van der Waals surface area contributed by atoms with Crippen molar-refractivity contribution in [3.63, 3.8) is 0 Å². The van der Waals surface area contributed by atoms with Crippen molar-refractivity contribution in [3.8, 4) is 0 Å². The van der Waals surface area contributed by atoms with E-state index in [1.165, 1.54) is 17.7 Å². The van der Waals surface area contributed by atoms with Crippen LogP contribution in [0, 0.1) is 13.8 Å². The zero-order chi connectivity index (χ0) is 15.6. The average molecular weight is 293 g/mol. The quantitative estimate of drug-likeness (QED) is 0.630. The van der Waals surface area contributed by atoms with E-state index in [1.807, 2.05) is 20.8 Å². The van der Waals surface area contributed by atoms with Gasteiger partial charge in [-0.2, -0.15) is 0 Å². The minimum atomic E-state index is -0.357. The van der Waals surface area contributed by atoms with Gasteiger partial charge >= 0.3 is 5.97 Å². The lowest BCUT2D eigenvalue weighted by Crippen LogP contribution is -3.14. The molecule has 0 amide bonds. The van der Waals surface area contributed by atoms with Gasteiger partial charge in [0.05, 0.1) is 31.0 Å². The van der Waals surface area contributed by atoms with Crippen molar-refractivity contribution in [1.82, 2.24) is 4.98 Å². The molecule has 1 aromatic rings. The summed E-state index contributed by atoms with van der Waals surface area (Å²) in [6.45, 7) is 9.81. The van der Waals surface area contributed by atoms with E-state index in [1.54, 1.807) is 6.92 Å². The molecule has 0 saturated carbocycles. The number of ether oxygens (including phenoxy) is 1. The molecule has 2 heterocycles. The van der Waals surface area contributed by atoms with Crippen LogP contribution in [0.15, 0.2) is 0 Å². The minimum Gasteiger partial charge on any atom is -0.462 e. The van der Waals surface area contributed by atoms with E-state index in [2.05, 4.69) is 4.98 Å². The highest BCUT2D eigenvalue weighted by molar-refractivity contribution is 6.03. The van der Waals surface area contributed by atoms with Crippen LogP contribution in [0.1, 0.15) is 58.8 Å². The van der Waals surface area contributed by atoms with E-state index in [0.29, 0.717) is 29.1 Å². The van der Waals surface area contributed by atoms with Crippen molar-refractivity contribution >= 4 is 11.8 Å². The number of esters is 1. The predicted octanol–water partition coefficient (Wildman–Crippen LogP) is 1.06.